The monoisotopic (exact) mass is 318 g/mol. The van der Waals surface area contributed by atoms with E-state index in [2.05, 4.69) is 17.2 Å². The van der Waals surface area contributed by atoms with Gasteiger partial charge < -0.3 is 5.32 Å². The summed E-state index contributed by atoms with van der Waals surface area (Å²) in [6, 6.07) is 9.37. The Morgan fingerprint density at radius 1 is 1.24 bits per heavy atom. The maximum atomic E-state index is 13.9. The van der Waals surface area contributed by atoms with Gasteiger partial charge in [-0.15, -0.1) is 22.7 Å². The molecule has 0 saturated heterocycles. The fraction of sp³-hybridized carbons (Fsp3) is 0.188. The van der Waals surface area contributed by atoms with Crippen LogP contribution in [0.1, 0.15) is 23.5 Å². The first-order chi connectivity index (χ1) is 10.2. The first-order valence-corrected chi connectivity index (χ1v) is 8.45. The van der Waals surface area contributed by atoms with E-state index in [-0.39, 0.29) is 11.9 Å². The number of hydrogen-bond donors (Lipinski definition) is 1. The second kappa shape index (κ2) is 6.47. The van der Waals surface area contributed by atoms with E-state index in [1.54, 1.807) is 28.7 Å². The lowest BCUT2D eigenvalue weighted by molar-refractivity contribution is 0.570. The van der Waals surface area contributed by atoms with Crippen molar-refractivity contribution in [3.8, 4) is 10.4 Å². The van der Waals surface area contributed by atoms with Crippen LogP contribution in [0.25, 0.3) is 10.4 Å². The fourth-order valence-electron chi connectivity index (χ4n) is 2.11. The Bertz CT molecular complexity index is 693. The van der Waals surface area contributed by atoms with Gasteiger partial charge in [-0.1, -0.05) is 12.1 Å². The Kier molecular flexibility index (Phi) is 4.43. The van der Waals surface area contributed by atoms with Crippen molar-refractivity contribution in [2.75, 3.05) is 0 Å². The number of halogens is 1. The van der Waals surface area contributed by atoms with Crippen molar-refractivity contribution >= 4 is 22.7 Å². The lowest BCUT2D eigenvalue weighted by atomic mass is 10.1. The van der Waals surface area contributed by atoms with Gasteiger partial charge in [-0.2, -0.15) is 0 Å². The number of thiophene rings is 1. The molecule has 0 radical (unpaired) electrons. The molecule has 2 heterocycles. The molecular weight excluding hydrogens is 303 g/mol. The summed E-state index contributed by atoms with van der Waals surface area (Å²) in [5, 5.41) is 8.42. The molecule has 0 spiro atoms. The van der Waals surface area contributed by atoms with Crippen molar-refractivity contribution in [1.82, 2.24) is 10.3 Å². The maximum absolute atomic E-state index is 13.9. The SMILES string of the molecule is CC(NCc1ccc(F)c(-c2cccs2)c1)c1nccs1. The molecule has 21 heavy (non-hydrogen) atoms. The highest BCUT2D eigenvalue weighted by Crippen LogP contribution is 2.28. The minimum atomic E-state index is -0.172. The van der Waals surface area contributed by atoms with Gasteiger partial charge >= 0.3 is 0 Å². The molecule has 1 unspecified atom stereocenters. The number of rotatable bonds is 5. The van der Waals surface area contributed by atoms with Crippen molar-refractivity contribution in [1.29, 1.82) is 0 Å². The lowest BCUT2D eigenvalue weighted by Crippen LogP contribution is -2.17. The van der Waals surface area contributed by atoms with E-state index >= 15 is 0 Å². The van der Waals surface area contributed by atoms with E-state index < -0.39 is 0 Å². The second-order valence-electron chi connectivity index (χ2n) is 4.76. The van der Waals surface area contributed by atoms with E-state index in [1.165, 1.54) is 0 Å². The lowest BCUT2D eigenvalue weighted by Gasteiger charge is -2.12. The minimum absolute atomic E-state index is 0.172. The van der Waals surface area contributed by atoms with Gasteiger partial charge in [0.15, 0.2) is 0 Å². The first-order valence-electron chi connectivity index (χ1n) is 6.69. The zero-order valence-corrected chi connectivity index (χ0v) is 13.2. The predicted molar refractivity (Wildman–Crippen MR) is 87.1 cm³/mol. The van der Waals surface area contributed by atoms with Gasteiger partial charge in [-0.05, 0) is 36.1 Å². The standard InChI is InChI=1S/C16H15FN2S2/c1-11(16-18-6-8-21-16)19-10-12-4-5-14(17)13(9-12)15-3-2-7-20-15/h2-9,11,19H,10H2,1H3. The van der Waals surface area contributed by atoms with Crippen molar-refractivity contribution in [3.63, 3.8) is 0 Å². The molecule has 3 rings (SSSR count). The summed E-state index contributed by atoms with van der Waals surface area (Å²) in [5.74, 6) is -0.172. The number of hydrogen-bond acceptors (Lipinski definition) is 4. The van der Waals surface area contributed by atoms with Crippen LogP contribution in [0.3, 0.4) is 0 Å². The molecule has 2 nitrogen and oxygen atoms in total. The molecule has 3 aromatic rings. The van der Waals surface area contributed by atoms with E-state index in [1.807, 2.05) is 41.2 Å². The van der Waals surface area contributed by atoms with Crippen LogP contribution in [-0.2, 0) is 6.54 Å². The Morgan fingerprint density at radius 3 is 2.86 bits per heavy atom. The molecule has 0 aliphatic carbocycles. The Balaban J connectivity index is 1.73. The molecule has 1 N–H and O–H groups in total. The number of aromatic nitrogens is 1. The molecule has 2 aromatic heterocycles. The van der Waals surface area contributed by atoms with Crippen molar-refractivity contribution in [2.24, 2.45) is 0 Å². The Labute approximate surface area is 131 Å². The quantitative estimate of drug-likeness (QED) is 0.726. The van der Waals surface area contributed by atoms with Gasteiger partial charge in [0.25, 0.3) is 0 Å². The second-order valence-corrected chi connectivity index (χ2v) is 6.64. The van der Waals surface area contributed by atoms with Crippen LogP contribution >= 0.6 is 22.7 Å². The van der Waals surface area contributed by atoms with E-state index in [9.17, 15) is 4.39 Å². The third-order valence-electron chi connectivity index (χ3n) is 3.25. The van der Waals surface area contributed by atoms with Gasteiger partial charge in [0.1, 0.15) is 10.8 Å². The zero-order chi connectivity index (χ0) is 14.7. The van der Waals surface area contributed by atoms with Crippen molar-refractivity contribution in [3.05, 3.63) is 63.7 Å². The van der Waals surface area contributed by atoms with Crippen LogP contribution in [0.2, 0.25) is 0 Å². The van der Waals surface area contributed by atoms with Crippen LogP contribution in [0.5, 0.6) is 0 Å². The maximum Gasteiger partial charge on any atom is 0.131 e. The third-order valence-corrected chi connectivity index (χ3v) is 5.11. The molecule has 1 atom stereocenters. The van der Waals surface area contributed by atoms with Crippen LogP contribution in [0, 0.1) is 5.82 Å². The third kappa shape index (κ3) is 3.37. The number of thiazole rings is 1. The number of nitrogens with one attached hydrogen (secondary N) is 1. The van der Waals surface area contributed by atoms with E-state index in [0.29, 0.717) is 12.1 Å². The molecular formula is C16H15FN2S2. The highest BCUT2D eigenvalue weighted by atomic mass is 32.1. The zero-order valence-electron chi connectivity index (χ0n) is 11.5. The number of nitrogens with zero attached hydrogens (tertiary/aromatic N) is 1. The number of benzene rings is 1. The van der Waals surface area contributed by atoms with Gasteiger partial charge in [-0.3, -0.25) is 0 Å². The highest BCUT2D eigenvalue weighted by molar-refractivity contribution is 7.13. The largest absolute Gasteiger partial charge is 0.304 e. The smallest absolute Gasteiger partial charge is 0.131 e. The summed E-state index contributed by atoms with van der Waals surface area (Å²) in [7, 11) is 0. The molecule has 0 amide bonds. The topological polar surface area (TPSA) is 24.9 Å². The van der Waals surface area contributed by atoms with Gasteiger partial charge in [0.05, 0.1) is 6.04 Å². The molecule has 5 heteroatoms. The molecule has 0 saturated carbocycles. The van der Waals surface area contributed by atoms with Gasteiger partial charge in [-0.25, -0.2) is 9.37 Å². The molecule has 0 bridgehead atoms. The van der Waals surface area contributed by atoms with Crippen LogP contribution in [-0.4, -0.2) is 4.98 Å². The molecule has 108 valence electrons. The average Bonchev–Trinajstić information content (AvgIpc) is 3.19. The fourth-order valence-corrected chi connectivity index (χ4v) is 3.52. The normalized spacial score (nSPS) is 12.5. The van der Waals surface area contributed by atoms with Gasteiger partial charge in [0.2, 0.25) is 0 Å². The van der Waals surface area contributed by atoms with Crippen molar-refractivity contribution in [2.45, 2.75) is 19.5 Å². The van der Waals surface area contributed by atoms with E-state index in [4.69, 9.17) is 0 Å². The molecule has 1 aromatic carbocycles. The summed E-state index contributed by atoms with van der Waals surface area (Å²) in [4.78, 5) is 5.26. The summed E-state index contributed by atoms with van der Waals surface area (Å²) < 4.78 is 13.9. The van der Waals surface area contributed by atoms with Gasteiger partial charge in [0, 0.05) is 28.6 Å². The first kappa shape index (κ1) is 14.4. The Morgan fingerprint density at radius 2 is 2.14 bits per heavy atom. The van der Waals surface area contributed by atoms with Crippen LogP contribution < -0.4 is 5.32 Å². The summed E-state index contributed by atoms with van der Waals surface area (Å²) in [6.45, 7) is 2.78. The summed E-state index contributed by atoms with van der Waals surface area (Å²) in [5.41, 5.74) is 1.74. The highest BCUT2D eigenvalue weighted by Gasteiger charge is 2.10. The molecule has 0 aliphatic heterocycles. The predicted octanol–water partition coefficient (Wildman–Crippen LogP) is 4.86. The molecule has 0 aliphatic rings. The Hall–Kier alpha value is -1.56. The molecule has 0 fully saturated rings. The summed E-state index contributed by atoms with van der Waals surface area (Å²) in [6.07, 6.45) is 1.81. The van der Waals surface area contributed by atoms with Crippen LogP contribution in [0.15, 0.2) is 47.3 Å². The summed E-state index contributed by atoms with van der Waals surface area (Å²) >= 11 is 3.19. The van der Waals surface area contributed by atoms with Crippen LogP contribution in [0.4, 0.5) is 4.39 Å². The minimum Gasteiger partial charge on any atom is -0.304 e. The average molecular weight is 318 g/mol. The van der Waals surface area contributed by atoms with Crippen molar-refractivity contribution < 1.29 is 4.39 Å². The van der Waals surface area contributed by atoms with E-state index in [0.717, 1.165) is 15.4 Å².